The first-order chi connectivity index (χ1) is 7.18. The Morgan fingerprint density at radius 2 is 2.19 bits per heavy atom. The SMILES string of the molecule is CC(C)C(N)c1nc(C2CCOC2)no1.Cl. The molecule has 2 atom stereocenters. The van der Waals surface area contributed by atoms with E-state index in [0.29, 0.717) is 18.4 Å². The summed E-state index contributed by atoms with van der Waals surface area (Å²) in [7, 11) is 0. The first-order valence-electron chi connectivity index (χ1n) is 5.35. The summed E-state index contributed by atoms with van der Waals surface area (Å²) < 4.78 is 10.4. The van der Waals surface area contributed by atoms with Crippen molar-refractivity contribution in [2.45, 2.75) is 32.2 Å². The maximum absolute atomic E-state index is 5.92. The molecule has 5 nitrogen and oxygen atoms in total. The zero-order valence-corrected chi connectivity index (χ0v) is 10.4. The van der Waals surface area contributed by atoms with Crippen LogP contribution < -0.4 is 5.73 Å². The molecule has 1 aliphatic rings. The molecule has 0 bridgehead atoms. The molecule has 0 spiro atoms. The predicted octanol–water partition coefficient (Wildman–Crippen LogP) is 1.65. The monoisotopic (exact) mass is 247 g/mol. The highest BCUT2D eigenvalue weighted by atomic mass is 35.5. The fourth-order valence-corrected chi connectivity index (χ4v) is 1.57. The van der Waals surface area contributed by atoms with Gasteiger partial charge in [0.2, 0.25) is 5.89 Å². The van der Waals surface area contributed by atoms with Crippen LogP contribution in [-0.4, -0.2) is 23.4 Å². The Bertz CT molecular complexity index is 307. The van der Waals surface area contributed by atoms with E-state index in [1.165, 1.54) is 0 Å². The second-order valence-corrected chi connectivity index (χ2v) is 4.32. The number of nitrogens with zero attached hydrogens (tertiary/aromatic N) is 2. The van der Waals surface area contributed by atoms with Gasteiger partial charge in [0.05, 0.1) is 12.6 Å². The molecule has 1 aromatic heterocycles. The Hall–Kier alpha value is -0.650. The molecular weight excluding hydrogens is 230 g/mol. The highest BCUT2D eigenvalue weighted by Crippen LogP contribution is 2.24. The van der Waals surface area contributed by atoms with Crippen LogP contribution in [0.3, 0.4) is 0 Å². The third kappa shape index (κ3) is 2.72. The number of hydrogen-bond acceptors (Lipinski definition) is 5. The van der Waals surface area contributed by atoms with Crippen molar-refractivity contribution in [3.05, 3.63) is 11.7 Å². The number of hydrogen-bond donors (Lipinski definition) is 1. The largest absolute Gasteiger partial charge is 0.381 e. The Kier molecular flexibility index (Phi) is 4.70. The van der Waals surface area contributed by atoms with E-state index in [1.807, 2.05) is 13.8 Å². The van der Waals surface area contributed by atoms with Crippen molar-refractivity contribution < 1.29 is 9.26 Å². The van der Waals surface area contributed by atoms with Crippen LogP contribution in [0.2, 0.25) is 0 Å². The number of halogens is 1. The smallest absolute Gasteiger partial charge is 0.243 e. The lowest BCUT2D eigenvalue weighted by Gasteiger charge is -2.09. The molecule has 2 rings (SSSR count). The Morgan fingerprint density at radius 1 is 1.44 bits per heavy atom. The van der Waals surface area contributed by atoms with Crippen molar-refractivity contribution in [1.82, 2.24) is 10.1 Å². The van der Waals surface area contributed by atoms with Gasteiger partial charge in [0.15, 0.2) is 5.82 Å². The minimum Gasteiger partial charge on any atom is -0.381 e. The molecule has 0 aliphatic carbocycles. The topological polar surface area (TPSA) is 74.2 Å². The zero-order chi connectivity index (χ0) is 10.8. The van der Waals surface area contributed by atoms with Gasteiger partial charge in [0.1, 0.15) is 0 Å². The molecule has 2 unspecified atom stereocenters. The van der Waals surface area contributed by atoms with E-state index in [4.69, 9.17) is 15.0 Å². The summed E-state index contributed by atoms with van der Waals surface area (Å²) in [6.07, 6.45) is 0.968. The van der Waals surface area contributed by atoms with Gasteiger partial charge in [0.25, 0.3) is 0 Å². The zero-order valence-electron chi connectivity index (χ0n) is 9.55. The van der Waals surface area contributed by atoms with Gasteiger partial charge < -0.3 is 15.0 Å². The van der Waals surface area contributed by atoms with E-state index in [9.17, 15) is 0 Å². The van der Waals surface area contributed by atoms with Crippen molar-refractivity contribution in [3.8, 4) is 0 Å². The Morgan fingerprint density at radius 3 is 2.75 bits per heavy atom. The van der Waals surface area contributed by atoms with E-state index >= 15 is 0 Å². The fourth-order valence-electron chi connectivity index (χ4n) is 1.57. The molecule has 1 aromatic rings. The number of rotatable bonds is 3. The van der Waals surface area contributed by atoms with Gasteiger partial charge in [-0.05, 0) is 12.3 Å². The normalized spacial score (nSPS) is 22.1. The van der Waals surface area contributed by atoms with Crippen molar-refractivity contribution >= 4 is 12.4 Å². The van der Waals surface area contributed by atoms with Crippen molar-refractivity contribution in [3.63, 3.8) is 0 Å². The molecule has 1 fully saturated rings. The van der Waals surface area contributed by atoms with E-state index in [2.05, 4.69) is 10.1 Å². The maximum Gasteiger partial charge on any atom is 0.243 e. The standard InChI is InChI=1S/C10H17N3O2.ClH/c1-6(2)8(11)10-12-9(13-15-10)7-3-4-14-5-7;/h6-8H,3-5,11H2,1-2H3;1H. The molecule has 6 heteroatoms. The molecular formula is C10H18ClN3O2. The molecule has 92 valence electrons. The number of aromatic nitrogens is 2. The van der Waals surface area contributed by atoms with E-state index < -0.39 is 0 Å². The molecule has 1 saturated heterocycles. The molecule has 0 amide bonds. The van der Waals surface area contributed by atoms with Gasteiger partial charge in [-0.25, -0.2) is 0 Å². The predicted molar refractivity (Wildman–Crippen MR) is 61.5 cm³/mol. The van der Waals surface area contributed by atoms with Gasteiger partial charge in [-0.2, -0.15) is 4.98 Å². The van der Waals surface area contributed by atoms with Crippen LogP contribution >= 0.6 is 12.4 Å². The van der Waals surface area contributed by atoms with Crippen LogP contribution in [0.5, 0.6) is 0 Å². The molecule has 0 aromatic carbocycles. The Balaban J connectivity index is 0.00000128. The summed E-state index contributed by atoms with van der Waals surface area (Å²) in [4.78, 5) is 4.33. The fraction of sp³-hybridized carbons (Fsp3) is 0.800. The van der Waals surface area contributed by atoms with Gasteiger partial charge in [-0.1, -0.05) is 19.0 Å². The summed E-state index contributed by atoms with van der Waals surface area (Å²) in [5.74, 6) is 1.85. The maximum atomic E-state index is 5.92. The third-order valence-corrected chi connectivity index (χ3v) is 2.76. The molecule has 0 saturated carbocycles. The summed E-state index contributed by atoms with van der Waals surface area (Å²) in [5.41, 5.74) is 5.92. The van der Waals surface area contributed by atoms with Crippen molar-refractivity contribution in [1.29, 1.82) is 0 Å². The second-order valence-electron chi connectivity index (χ2n) is 4.32. The van der Waals surface area contributed by atoms with Crippen LogP contribution in [0.25, 0.3) is 0 Å². The lowest BCUT2D eigenvalue weighted by Crippen LogP contribution is -2.17. The summed E-state index contributed by atoms with van der Waals surface area (Å²) in [6.45, 7) is 5.54. The van der Waals surface area contributed by atoms with Crippen LogP contribution in [-0.2, 0) is 4.74 Å². The first-order valence-corrected chi connectivity index (χ1v) is 5.35. The molecule has 0 radical (unpaired) electrons. The van der Waals surface area contributed by atoms with Crippen LogP contribution in [0, 0.1) is 5.92 Å². The van der Waals surface area contributed by atoms with E-state index in [0.717, 1.165) is 18.9 Å². The Labute approximate surface area is 101 Å². The van der Waals surface area contributed by atoms with Gasteiger partial charge in [-0.15, -0.1) is 12.4 Å². The average Bonchev–Trinajstić information content (AvgIpc) is 2.86. The van der Waals surface area contributed by atoms with Crippen molar-refractivity contribution in [2.24, 2.45) is 11.7 Å². The van der Waals surface area contributed by atoms with Gasteiger partial charge >= 0.3 is 0 Å². The summed E-state index contributed by atoms with van der Waals surface area (Å²) in [6, 6.07) is -0.173. The third-order valence-electron chi connectivity index (χ3n) is 2.76. The average molecular weight is 248 g/mol. The van der Waals surface area contributed by atoms with E-state index in [1.54, 1.807) is 0 Å². The highest BCUT2D eigenvalue weighted by molar-refractivity contribution is 5.85. The minimum absolute atomic E-state index is 0. The highest BCUT2D eigenvalue weighted by Gasteiger charge is 2.25. The van der Waals surface area contributed by atoms with Crippen LogP contribution in [0.1, 0.15) is 43.9 Å². The summed E-state index contributed by atoms with van der Waals surface area (Å²) in [5, 5.41) is 3.96. The van der Waals surface area contributed by atoms with E-state index in [-0.39, 0.29) is 24.4 Å². The molecule has 16 heavy (non-hydrogen) atoms. The van der Waals surface area contributed by atoms with Gasteiger partial charge in [-0.3, -0.25) is 0 Å². The van der Waals surface area contributed by atoms with Crippen molar-refractivity contribution in [2.75, 3.05) is 13.2 Å². The van der Waals surface area contributed by atoms with Crippen LogP contribution in [0.15, 0.2) is 4.52 Å². The lowest BCUT2D eigenvalue weighted by molar-refractivity contribution is 0.192. The van der Waals surface area contributed by atoms with Gasteiger partial charge in [0, 0.05) is 12.5 Å². The lowest BCUT2D eigenvalue weighted by atomic mass is 10.1. The number of ether oxygens (including phenoxy) is 1. The molecule has 2 heterocycles. The minimum atomic E-state index is -0.173. The molecule has 1 aliphatic heterocycles. The molecule has 2 N–H and O–H groups in total. The second kappa shape index (κ2) is 5.61. The van der Waals surface area contributed by atoms with Crippen LogP contribution in [0.4, 0.5) is 0 Å². The number of nitrogens with two attached hydrogens (primary N) is 1. The summed E-state index contributed by atoms with van der Waals surface area (Å²) >= 11 is 0. The quantitative estimate of drug-likeness (QED) is 0.879. The first kappa shape index (κ1) is 13.4.